The average Bonchev–Trinajstić information content (AvgIpc) is 2.25. The molecule has 0 aliphatic rings. The summed E-state index contributed by atoms with van der Waals surface area (Å²) in [5.74, 6) is 0.663. The van der Waals surface area contributed by atoms with E-state index in [2.05, 4.69) is 4.74 Å². The highest BCUT2D eigenvalue weighted by Gasteiger charge is 2.03. The number of methoxy groups -OCH3 is 1. The maximum atomic E-state index is 10.9. The van der Waals surface area contributed by atoms with Gasteiger partial charge in [0.1, 0.15) is 5.75 Å². The summed E-state index contributed by atoms with van der Waals surface area (Å²) in [5, 5.41) is 0. The molecule has 1 rings (SSSR count). The van der Waals surface area contributed by atoms with E-state index in [4.69, 9.17) is 16.3 Å². The second-order valence-electron chi connectivity index (χ2n) is 3.15. The van der Waals surface area contributed by atoms with E-state index in [0.29, 0.717) is 11.6 Å². The molecule has 0 aliphatic carbocycles. The van der Waals surface area contributed by atoms with Crippen LogP contribution in [-0.4, -0.2) is 19.7 Å². The number of benzene rings is 1. The van der Waals surface area contributed by atoms with Gasteiger partial charge in [-0.05, 0) is 30.2 Å². The Labute approximate surface area is 93.9 Å². The number of carbonyl (C=O) groups is 1. The number of rotatable bonds is 4. The predicted molar refractivity (Wildman–Crippen MR) is 58.2 cm³/mol. The fourth-order valence-electron chi connectivity index (χ4n) is 1.19. The Bertz CT molecular complexity index is 350. The summed E-state index contributed by atoms with van der Waals surface area (Å²) in [6.45, 7) is 1.86. The number of hydrogen-bond donors (Lipinski definition) is 0. The molecule has 0 amide bonds. The number of esters is 1. The largest absolute Gasteiger partial charge is 0.482 e. The second-order valence-corrected chi connectivity index (χ2v) is 3.42. The van der Waals surface area contributed by atoms with E-state index >= 15 is 0 Å². The van der Waals surface area contributed by atoms with Crippen LogP contribution in [0, 0.1) is 6.92 Å². The summed E-state index contributed by atoms with van der Waals surface area (Å²) in [6.07, 6.45) is 0. The molecular weight excluding hydrogens is 216 g/mol. The lowest BCUT2D eigenvalue weighted by Crippen LogP contribution is -2.12. The van der Waals surface area contributed by atoms with E-state index in [1.54, 1.807) is 0 Å². The van der Waals surface area contributed by atoms with Crippen LogP contribution < -0.4 is 4.74 Å². The van der Waals surface area contributed by atoms with E-state index in [1.165, 1.54) is 7.11 Å². The highest BCUT2D eigenvalue weighted by molar-refractivity contribution is 6.17. The Morgan fingerprint density at radius 1 is 1.40 bits per heavy atom. The summed E-state index contributed by atoms with van der Waals surface area (Å²) < 4.78 is 9.72. The van der Waals surface area contributed by atoms with E-state index in [0.717, 1.165) is 11.1 Å². The lowest BCUT2D eigenvalue weighted by atomic mass is 10.1. The number of carbonyl (C=O) groups excluding carboxylic acids is 1. The highest BCUT2D eigenvalue weighted by Crippen LogP contribution is 2.18. The molecule has 0 unspecified atom stereocenters. The van der Waals surface area contributed by atoms with Crippen molar-refractivity contribution in [2.45, 2.75) is 12.8 Å². The van der Waals surface area contributed by atoms with Crippen molar-refractivity contribution in [1.82, 2.24) is 0 Å². The molecule has 3 nitrogen and oxygen atoms in total. The molecule has 0 heterocycles. The van der Waals surface area contributed by atoms with Gasteiger partial charge in [-0.15, -0.1) is 11.6 Å². The summed E-state index contributed by atoms with van der Waals surface area (Å²) >= 11 is 5.71. The minimum absolute atomic E-state index is 0.0817. The third-order valence-electron chi connectivity index (χ3n) is 1.85. The molecule has 1 aromatic carbocycles. The van der Waals surface area contributed by atoms with Crippen LogP contribution in [0.4, 0.5) is 0 Å². The molecule has 82 valence electrons. The fourth-order valence-corrected chi connectivity index (χ4v) is 1.34. The molecule has 4 heteroatoms. The molecule has 0 saturated carbocycles. The van der Waals surface area contributed by atoms with Gasteiger partial charge >= 0.3 is 5.97 Å². The van der Waals surface area contributed by atoms with Gasteiger partial charge < -0.3 is 9.47 Å². The summed E-state index contributed by atoms with van der Waals surface area (Å²) in [5.41, 5.74) is 2.02. The van der Waals surface area contributed by atoms with E-state index < -0.39 is 5.97 Å². The van der Waals surface area contributed by atoms with Crippen molar-refractivity contribution < 1.29 is 14.3 Å². The first-order valence-electron chi connectivity index (χ1n) is 4.52. The molecule has 0 aliphatic heterocycles. The zero-order valence-electron chi connectivity index (χ0n) is 8.75. The van der Waals surface area contributed by atoms with Gasteiger partial charge in [-0.2, -0.15) is 0 Å². The first kappa shape index (κ1) is 11.9. The lowest BCUT2D eigenvalue weighted by molar-refractivity contribution is -0.142. The lowest BCUT2D eigenvalue weighted by Gasteiger charge is -2.07. The number of hydrogen-bond acceptors (Lipinski definition) is 3. The molecule has 0 N–H and O–H groups in total. The number of ether oxygens (including phenoxy) is 2. The van der Waals surface area contributed by atoms with Gasteiger partial charge in [0, 0.05) is 5.88 Å². The SMILES string of the molecule is COC(=O)COc1cc(C)cc(CCl)c1. The highest BCUT2D eigenvalue weighted by atomic mass is 35.5. The Morgan fingerprint density at radius 2 is 2.13 bits per heavy atom. The minimum atomic E-state index is -0.399. The molecule has 0 aromatic heterocycles. The zero-order valence-corrected chi connectivity index (χ0v) is 9.50. The van der Waals surface area contributed by atoms with Gasteiger partial charge in [0.2, 0.25) is 0 Å². The summed E-state index contributed by atoms with van der Waals surface area (Å²) in [7, 11) is 1.33. The summed E-state index contributed by atoms with van der Waals surface area (Å²) in [6, 6.07) is 5.62. The van der Waals surface area contributed by atoms with Gasteiger partial charge in [-0.1, -0.05) is 6.07 Å². The predicted octanol–water partition coefficient (Wildman–Crippen LogP) is 2.29. The maximum absolute atomic E-state index is 10.9. The molecule has 0 radical (unpaired) electrons. The number of alkyl halides is 1. The Balaban J connectivity index is 2.68. The molecule has 0 fully saturated rings. The average molecular weight is 229 g/mol. The second kappa shape index (κ2) is 5.61. The standard InChI is InChI=1S/C11H13ClO3/c1-8-3-9(6-12)5-10(4-8)15-7-11(13)14-2/h3-5H,6-7H2,1-2H3. The Morgan fingerprint density at radius 3 is 2.73 bits per heavy atom. The van der Waals surface area contributed by atoms with Crippen molar-refractivity contribution in [3.63, 3.8) is 0 Å². The quantitative estimate of drug-likeness (QED) is 0.586. The van der Waals surface area contributed by atoms with Crippen molar-refractivity contribution in [3.8, 4) is 5.75 Å². The van der Waals surface area contributed by atoms with Crippen LogP contribution in [0.25, 0.3) is 0 Å². The number of halogens is 1. The normalized spacial score (nSPS) is 9.80. The molecule has 0 bridgehead atoms. The maximum Gasteiger partial charge on any atom is 0.343 e. The van der Waals surface area contributed by atoms with E-state index in [9.17, 15) is 4.79 Å². The van der Waals surface area contributed by atoms with Crippen molar-refractivity contribution in [3.05, 3.63) is 29.3 Å². The molecule has 0 spiro atoms. The van der Waals surface area contributed by atoms with E-state index in [1.807, 2.05) is 25.1 Å². The number of aryl methyl sites for hydroxylation is 1. The molecule has 0 saturated heterocycles. The van der Waals surface area contributed by atoms with Crippen molar-refractivity contribution >= 4 is 17.6 Å². The Kier molecular flexibility index (Phi) is 4.43. The van der Waals surface area contributed by atoms with Gasteiger partial charge in [-0.25, -0.2) is 4.79 Å². The van der Waals surface area contributed by atoms with Gasteiger partial charge in [0.05, 0.1) is 7.11 Å². The summed E-state index contributed by atoms with van der Waals surface area (Å²) in [4.78, 5) is 10.9. The van der Waals surface area contributed by atoms with Gasteiger partial charge in [-0.3, -0.25) is 0 Å². The fraction of sp³-hybridized carbons (Fsp3) is 0.364. The third-order valence-corrected chi connectivity index (χ3v) is 2.16. The van der Waals surface area contributed by atoms with Crippen molar-refractivity contribution in [2.24, 2.45) is 0 Å². The minimum Gasteiger partial charge on any atom is -0.482 e. The van der Waals surface area contributed by atoms with Gasteiger partial charge in [0.25, 0.3) is 0 Å². The van der Waals surface area contributed by atoms with Crippen LogP contribution in [0.2, 0.25) is 0 Å². The van der Waals surface area contributed by atoms with Gasteiger partial charge in [0.15, 0.2) is 6.61 Å². The molecule has 1 aromatic rings. The van der Waals surface area contributed by atoms with Crippen LogP contribution in [0.1, 0.15) is 11.1 Å². The van der Waals surface area contributed by atoms with Crippen LogP contribution in [0.15, 0.2) is 18.2 Å². The van der Waals surface area contributed by atoms with Crippen LogP contribution in [-0.2, 0) is 15.4 Å². The van der Waals surface area contributed by atoms with E-state index in [-0.39, 0.29) is 6.61 Å². The molecular formula is C11H13ClO3. The molecule has 0 atom stereocenters. The van der Waals surface area contributed by atoms with Crippen LogP contribution in [0.5, 0.6) is 5.75 Å². The topological polar surface area (TPSA) is 35.5 Å². The smallest absolute Gasteiger partial charge is 0.343 e. The van der Waals surface area contributed by atoms with Crippen molar-refractivity contribution in [2.75, 3.05) is 13.7 Å². The third kappa shape index (κ3) is 3.80. The Hall–Kier alpha value is -1.22. The van der Waals surface area contributed by atoms with Crippen LogP contribution >= 0.6 is 11.6 Å². The zero-order chi connectivity index (χ0) is 11.3. The first-order chi connectivity index (χ1) is 7.15. The van der Waals surface area contributed by atoms with Crippen molar-refractivity contribution in [1.29, 1.82) is 0 Å². The van der Waals surface area contributed by atoms with Crippen LogP contribution in [0.3, 0.4) is 0 Å². The monoisotopic (exact) mass is 228 g/mol. The molecule has 15 heavy (non-hydrogen) atoms. The first-order valence-corrected chi connectivity index (χ1v) is 5.05.